The van der Waals surface area contributed by atoms with Crippen molar-refractivity contribution in [2.45, 2.75) is 38.1 Å². The molecule has 0 radical (unpaired) electrons. The second-order valence-corrected chi connectivity index (χ2v) is 7.63. The van der Waals surface area contributed by atoms with Gasteiger partial charge in [0.25, 0.3) is 0 Å². The Bertz CT molecular complexity index is 965. The highest BCUT2D eigenvalue weighted by molar-refractivity contribution is 6.08. The molecular weight excluding hydrogens is 354 g/mol. The minimum atomic E-state index is -0.407. The van der Waals surface area contributed by atoms with Crippen molar-refractivity contribution in [2.75, 3.05) is 24.5 Å². The van der Waals surface area contributed by atoms with Gasteiger partial charge in [0.2, 0.25) is 5.91 Å². The van der Waals surface area contributed by atoms with Crippen LogP contribution in [0.5, 0.6) is 0 Å². The van der Waals surface area contributed by atoms with E-state index < -0.39 is 6.03 Å². The Kier molecular flexibility index (Phi) is 4.82. The second kappa shape index (κ2) is 7.28. The molecule has 0 aliphatic carbocycles. The molecule has 7 nitrogen and oxygen atoms in total. The predicted molar refractivity (Wildman–Crippen MR) is 108 cm³/mol. The van der Waals surface area contributed by atoms with Crippen molar-refractivity contribution in [1.82, 2.24) is 20.0 Å². The summed E-state index contributed by atoms with van der Waals surface area (Å²) in [6.07, 6.45) is 8.01. The number of nitrogens with zero attached hydrogens (tertiary/aromatic N) is 4. The molecule has 1 atom stereocenters. The number of rotatable bonds is 3. The number of fused-ring (bicyclic) bond motifs is 1. The van der Waals surface area contributed by atoms with Gasteiger partial charge in [-0.1, -0.05) is 12.0 Å². The first-order chi connectivity index (χ1) is 13.5. The Balaban J connectivity index is 1.58. The summed E-state index contributed by atoms with van der Waals surface area (Å²) >= 11 is 0. The summed E-state index contributed by atoms with van der Waals surface area (Å²) in [6, 6.07) is 6.16. The van der Waals surface area contributed by atoms with E-state index >= 15 is 0 Å². The maximum Gasteiger partial charge on any atom is 0.329 e. The number of nitrogens with one attached hydrogen (secondary N) is 1. The van der Waals surface area contributed by atoms with E-state index in [1.807, 2.05) is 17.8 Å². The number of terminal acetylenes is 1. The lowest BCUT2D eigenvalue weighted by Crippen LogP contribution is -2.49. The molecule has 3 amide bonds. The number of aryl methyl sites for hydroxylation is 1. The molecule has 2 aliphatic heterocycles. The average Bonchev–Trinajstić information content (AvgIpc) is 3.03. The summed E-state index contributed by atoms with van der Waals surface area (Å²) in [5.74, 6) is 3.68. The van der Waals surface area contributed by atoms with Crippen LogP contribution in [0, 0.1) is 12.3 Å². The van der Waals surface area contributed by atoms with Crippen molar-refractivity contribution < 1.29 is 9.59 Å². The summed E-state index contributed by atoms with van der Waals surface area (Å²) in [5.41, 5.74) is 2.30. The first-order valence-corrected chi connectivity index (χ1v) is 9.76. The Morgan fingerprint density at radius 1 is 1.25 bits per heavy atom. The number of hydrogen-bond acceptors (Lipinski definition) is 4. The third-order valence-corrected chi connectivity index (χ3v) is 5.96. The summed E-state index contributed by atoms with van der Waals surface area (Å²) in [5, 5.41) is 7.85. The van der Waals surface area contributed by atoms with Crippen LogP contribution in [0.2, 0.25) is 0 Å². The van der Waals surface area contributed by atoms with E-state index in [9.17, 15) is 9.59 Å². The van der Waals surface area contributed by atoms with Crippen LogP contribution in [0.1, 0.15) is 37.7 Å². The molecule has 0 saturated carbocycles. The maximum absolute atomic E-state index is 12.2. The lowest BCUT2D eigenvalue weighted by molar-refractivity contribution is -0.120. The Morgan fingerprint density at radius 3 is 2.68 bits per heavy atom. The number of carbonyl (C=O) groups is 2. The molecule has 1 aromatic carbocycles. The Labute approximate surface area is 164 Å². The third-order valence-electron chi connectivity index (χ3n) is 5.96. The van der Waals surface area contributed by atoms with Crippen LogP contribution < -0.4 is 10.2 Å². The number of aromatic nitrogens is 2. The first-order valence-electron chi connectivity index (χ1n) is 9.76. The van der Waals surface area contributed by atoms with Crippen molar-refractivity contribution >= 4 is 28.7 Å². The molecule has 4 rings (SSSR count). The van der Waals surface area contributed by atoms with Crippen LogP contribution >= 0.6 is 0 Å². The van der Waals surface area contributed by atoms with Gasteiger partial charge in [-0.15, -0.1) is 6.42 Å². The molecule has 0 bridgehead atoms. The van der Waals surface area contributed by atoms with Gasteiger partial charge < -0.3 is 0 Å². The van der Waals surface area contributed by atoms with Gasteiger partial charge in [-0.3, -0.25) is 24.6 Å². The molecule has 1 unspecified atom stereocenters. The maximum atomic E-state index is 12.2. The zero-order valence-corrected chi connectivity index (χ0v) is 16.3. The molecule has 2 saturated heterocycles. The highest BCUT2D eigenvalue weighted by Gasteiger charge is 2.29. The number of hydrogen-bond donors (Lipinski definition) is 1. The molecular formula is C21H25N5O2. The SMILES string of the molecule is C#CC(C)N1CCC(c2ccc3c(N4CCC(=O)NC4=O)nn(C)c3c2)CC1. The number of likely N-dealkylation sites (tertiary alicyclic amines) is 1. The van der Waals surface area contributed by atoms with Gasteiger partial charge in [0.15, 0.2) is 5.82 Å². The summed E-state index contributed by atoms with van der Waals surface area (Å²) in [6.45, 7) is 4.44. The fraction of sp³-hybridized carbons (Fsp3) is 0.476. The van der Waals surface area contributed by atoms with E-state index in [-0.39, 0.29) is 18.4 Å². The molecule has 146 valence electrons. The quantitative estimate of drug-likeness (QED) is 0.831. The monoisotopic (exact) mass is 379 g/mol. The van der Waals surface area contributed by atoms with Crippen LogP contribution in [-0.4, -0.2) is 52.3 Å². The van der Waals surface area contributed by atoms with Gasteiger partial charge in [0, 0.05) is 25.4 Å². The van der Waals surface area contributed by atoms with E-state index in [0.717, 1.165) is 36.8 Å². The minimum absolute atomic E-state index is 0.186. The molecule has 28 heavy (non-hydrogen) atoms. The molecule has 2 aromatic rings. The number of imide groups is 1. The van der Waals surface area contributed by atoms with E-state index in [2.05, 4.69) is 40.3 Å². The second-order valence-electron chi connectivity index (χ2n) is 7.63. The van der Waals surface area contributed by atoms with Gasteiger partial charge in [-0.05, 0) is 56.5 Å². The molecule has 2 aliphatic rings. The van der Waals surface area contributed by atoms with Gasteiger partial charge in [-0.2, -0.15) is 5.10 Å². The van der Waals surface area contributed by atoms with Crippen LogP contribution in [0.3, 0.4) is 0 Å². The number of anilines is 1. The van der Waals surface area contributed by atoms with Crippen molar-refractivity contribution in [1.29, 1.82) is 0 Å². The third kappa shape index (κ3) is 3.25. The number of piperidine rings is 1. The lowest BCUT2D eigenvalue weighted by Gasteiger charge is -2.34. The van der Waals surface area contributed by atoms with Crippen LogP contribution in [-0.2, 0) is 11.8 Å². The van der Waals surface area contributed by atoms with Gasteiger partial charge in [0.05, 0.1) is 11.6 Å². The average molecular weight is 379 g/mol. The molecule has 0 spiro atoms. The fourth-order valence-electron chi connectivity index (χ4n) is 4.20. The molecule has 3 heterocycles. The van der Waals surface area contributed by atoms with Gasteiger partial charge in [0.1, 0.15) is 0 Å². The predicted octanol–water partition coefficient (Wildman–Crippen LogP) is 2.22. The standard InChI is InChI=1S/C21H25N5O2/c1-4-14(2)25-10-7-15(8-11-25)16-5-6-17-18(13-16)24(3)23-20(17)26-12-9-19(27)22-21(26)28/h1,5-6,13-15H,7-12H2,2-3H3,(H,22,27,28). The Hall–Kier alpha value is -2.85. The van der Waals surface area contributed by atoms with Gasteiger partial charge in [-0.25, -0.2) is 4.79 Å². The number of carbonyl (C=O) groups excluding carboxylic acids is 2. The lowest BCUT2D eigenvalue weighted by atomic mass is 9.88. The van der Waals surface area contributed by atoms with Crippen molar-refractivity contribution in [3.8, 4) is 12.3 Å². The Morgan fingerprint density at radius 2 is 2.00 bits per heavy atom. The number of urea groups is 1. The zero-order chi connectivity index (χ0) is 19.8. The van der Waals surface area contributed by atoms with Crippen LogP contribution in [0.15, 0.2) is 18.2 Å². The minimum Gasteiger partial charge on any atom is -0.290 e. The van der Waals surface area contributed by atoms with Gasteiger partial charge >= 0.3 is 6.03 Å². The van der Waals surface area contributed by atoms with Crippen LogP contribution in [0.25, 0.3) is 10.9 Å². The number of amides is 3. The van der Waals surface area contributed by atoms with E-state index in [0.29, 0.717) is 18.3 Å². The number of benzene rings is 1. The molecule has 1 aromatic heterocycles. The fourth-order valence-corrected chi connectivity index (χ4v) is 4.20. The zero-order valence-electron chi connectivity index (χ0n) is 16.3. The topological polar surface area (TPSA) is 70.5 Å². The summed E-state index contributed by atoms with van der Waals surface area (Å²) < 4.78 is 1.81. The highest BCUT2D eigenvalue weighted by atomic mass is 16.2. The summed E-state index contributed by atoms with van der Waals surface area (Å²) in [4.78, 5) is 27.5. The highest BCUT2D eigenvalue weighted by Crippen LogP contribution is 2.33. The molecule has 1 N–H and O–H groups in total. The van der Waals surface area contributed by atoms with Crippen molar-refractivity contribution in [2.24, 2.45) is 7.05 Å². The first kappa shape index (κ1) is 18.5. The molecule has 2 fully saturated rings. The van der Waals surface area contributed by atoms with Crippen molar-refractivity contribution in [3.05, 3.63) is 23.8 Å². The van der Waals surface area contributed by atoms with Crippen LogP contribution in [0.4, 0.5) is 10.6 Å². The van der Waals surface area contributed by atoms with Crippen molar-refractivity contribution in [3.63, 3.8) is 0 Å². The summed E-state index contributed by atoms with van der Waals surface area (Å²) in [7, 11) is 1.89. The van der Waals surface area contributed by atoms with E-state index in [1.54, 1.807) is 4.90 Å². The molecule has 7 heteroatoms. The largest absolute Gasteiger partial charge is 0.329 e. The smallest absolute Gasteiger partial charge is 0.290 e. The van der Waals surface area contributed by atoms with E-state index in [4.69, 9.17) is 6.42 Å². The normalized spacial score (nSPS) is 20.2. The van der Waals surface area contributed by atoms with E-state index in [1.165, 1.54) is 5.56 Å².